The van der Waals surface area contributed by atoms with Gasteiger partial charge in [-0.3, -0.25) is 0 Å². The van der Waals surface area contributed by atoms with Crippen LogP contribution < -0.4 is 10.1 Å². The first-order valence-corrected chi connectivity index (χ1v) is 8.15. The van der Waals surface area contributed by atoms with Gasteiger partial charge in [0.15, 0.2) is 11.6 Å². The third-order valence-electron chi connectivity index (χ3n) is 4.67. The van der Waals surface area contributed by atoms with Crippen molar-refractivity contribution in [1.82, 2.24) is 5.32 Å². The van der Waals surface area contributed by atoms with Gasteiger partial charge in [-0.2, -0.15) is 0 Å². The first kappa shape index (κ1) is 17.8. The number of nitrogens with one attached hydrogen (secondary N) is 1. The molecule has 3 nitrogen and oxygen atoms in total. The summed E-state index contributed by atoms with van der Waals surface area (Å²) in [7, 11) is 1.41. The van der Waals surface area contributed by atoms with E-state index in [2.05, 4.69) is 5.32 Å². The lowest BCUT2D eigenvalue weighted by Gasteiger charge is -2.39. The molecule has 0 saturated carbocycles. The highest BCUT2D eigenvalue weighted by molar-refractivity contribution is 5.32. The molecule has 0 aliphatic carbocycles. The van der Waals surface area contributed by atoms with E-state index in [9.17, 15) is 13.2 Å². The van der Waals surface area contributed by atoms with Gasteiger partial charge in [0.1, 0.15) is 11.6 Å². The van der Waals surface area contributed by atoms with Crippen molar-refractivity contribution in [2.75, 3.05) is 20.3 Å². The Hall–Kier alpha value is -2.05. The van der Waals surface area contributed by atoms with E-state index in [1.807, 2.05) is 0 Å². The number of hydrogen-bond acceptors (Lipinski definition) is 3. The number of ether oxygens (including phenoxy) is 2. The van der Waals surface area contributed by atoms with Gasteiger partial charge in [0.25, 0.3) is 0 Å². The maximum atomic E-state index is 14.4. The first-order valence-electron chi connectivity index (χ1n) is 8.15. The summed E-state index contributed by atoms with van der Waals surface area (Å²) in [6.45, 7) is 1.09. The minimum atomic E-state index is -0.731. The Morgan fingerprint density at radius 1 is 1.12 bits per heavy atom. The first-order chi connectivity index (χ1) is 12.1. The van der Waals surface area contributed by atoms with Crippen molar-refractivity contribution < 1.29 is 22.6 Å². The zero-order valence-electron chi connectivity index (χ0n) is 14.0. The minimum absolute atomic E-state index is 0.160. The topological polar surface area (TPSA) is 30.5 Å². The number of hydrogen-bond donors (Lipinski definition) is 1. The van der Waals surface area contributed by atoms with Crippen LogP contribution in [0.5, 0.6) is 5.75 Å². The molecule has 0 atom stereocenters. The van der Waals surface area contributed by atoms with Crippen LogP contribution in [0.1, 0.15) is 24.0 Å². The van der Waals surface area contributed by atoms with Crippen molar-refractivity contribution in [3.05, 3.63) is 65.0 Å². The smallest absolute Gasteiger partial charge is 0.169 e. The van der Waals surface area contributed by atoms with Crippen LogP contribution in [-0.4, -0.2) is 20.3 Å². The second-order valence-electron chi connectivity index (χ2n) is 6.11. The number of methoxy groups -OCH3 is 1. The maximum absolute atomic E-state index is 14.4. The van der Waals surface area contributed by atoms with E-state index in [-0.39, 0.29) is 12.3 Å². The number of benzene rings is 2. The molecule has 25 heavy (non-hydrogen) atoms. The van der Waals surface area contributed by atoms with Gasteiger partial charge >= 0.3 is 0 Å². The van der Waals surface area contributed by atoms with Crippen molar-refractivity contribution >= 4 is 0 Å². The fourth-order valence-corrected chi connectivity index (χ4v) is 3.25. The van der Waals surface area contributed by atoms with Crippen molar-refractivity contribution in [3.63, 3.8) is 0 Å². The number of halogens is 3. The largest absolute Gasteiger partial charge is 0.494 e. The maximum Gasteiger partial charge on any atom is 0.169 e. The van der Waals surface area contributed by atoms with Crippen LogP contribution in [0.25, 0.3) is 0 Å². The van der Waals surface area contributed by atoms with Gasteiger partial charge < -0.3 is 14.8 Å². The third kappa shape index (κ3) is 3.65. The normalized spacial score (nSPS) is 16.6. The molecule has 3 rings (SSSR count). The molecule has 1 fully saturated rings. The molecule has 0 amide bonds. The van der Waals surface area contributed by atoms with Gasteiger partial charge in [0.05, 0.1) is 12.6 Å². The fraction of sp³-hybridized carbons (Fsp3) is 0.368. The lowest BCUT2D eigenvalue weighted by atomic mass is 9.82. The van der Waals surface area contributed by atoms with Crippen LogP contribution in [0.2, 0.25) is 0 Å². The highest BCUT2D eigenvalue weighted by atomic mass is 19.1. The minimum Gasteiger partial charge on any atom is -0.494 e. The van der Waals surface area contributed by atoms with E-state index >= 15 is 0 Å². The van der Waals surface area contributed by atoms with Gasteiger partial charge in [0, 0.05) is 37.0 Å². The summed E-state index contributed by atoms with van der Waals surface area (Å²) >= 11 is 0. The zero-order chi connectivity index (χ0) is 17.9. The summed E-state index contributed by atoms with van der Waals surface area (Å²) in [4.78, 5) is 0. The zero-order valence-corrected chi connectivity index (χ0v) is 14.0. The van der Waals surface area contributed by atoms with Gasteiger partial charge in [-0.05, 0) is 25.0 Å². The van der Waals surface area contributed by atoms with Crippen LogP contribution in [0.4, 0.5) is 13.2 Å². The molecule has 2 aromatic rings. The van der Waals surface area contributed by atoms with Crippen LogP contribution in [0.3, 0.4) is 0 Å². The van der Waals surface area contributed by atoms with Crippen molar-refractivity contribution in [3.8, 4) is 5.75 Å². The van der Waals surface area contributed by atoms with E-state index in [4.69, 9.17) is 9.47 Å². The summed E-state index contributed by atoms with van der Waals surface area (Å²) in [5.41, 5.74) is 0.0687. The molecule has 1 N–H and O–H groups in total. The molecule has 6 heteroatoms. The van der Waals surface area contributed by atoms with E-state index in [1.165, 1.54) is 19.2 Å². The predicted octanol–water partition coefficient (Wildman–Crippen LogP) is 3.91. The van der Waals surface area contributed by atoms with Crippen molar-refractivity contribution in [2.45, 2.75) is 24.9 Å². The summed E-state index contributed by atoms with van der Waals surface area (Å²) in [5.74, 6) is -1.52. The summed E-state index contributed by atoms with van der Waals surface area (Å²) in [5, 5.41) is 3.28. The molecule has 0 aromatic heterocycles. The van der Waals surface area contributed by atoms with E-state index < -0.39 is 23.0 Å². The lowest BCUT2D eigenvalue weighted by molar-refractivity contribution is 0.0342. The Labute approximate surface area is 144 Å². The third-order valence-corrected chi connectivity index (χ3v) is 4.67. The second-order valence-corrected chi connectivity index (χ2v) is 6.11. The molecule has 0 radical (unpaired) electrons. The quantitative estimate of drug-likeness (QED) is 0.886. The van der Waals surface area contributed by atoms with Crippen LogP contribution in [0, 0.1) is 17.5 Å². The van der Waals surface area contributed by atoms with E-state index in [1.54, 1.807) is 18.2 Å². The fourth-order valence-electron chi connectivity index (χ4n) is 3.25. The standard InChI is InChI=1S/C19H20F3NO2/c1-24-17-4-2-3-13(18(17)22)12-23-19(7-9-25-10-8-19)15-6-5-14(20)11-16(15)21/h2-6,11,23H,7-10,12H2,1H3. The molecule has 0 unspecified atom stereocenters. The van der Waals surface area contributed by atoms with Crippen LogP contribution >= 0.6 is 0 Å². The average molecular weight is 351 g/mol. The summed E-state index contributed by atoms with van der Waals surface area (Å²) < 4.78 is 52.4. The Morgan fingerprint density at radius 2 is 1.88 bits per heavy atom. The molecule has 0 bridgehead atoms. The average Bonchev–Trinajstić information content (AvgIpc) is 2.61. The van der Waals surface area contributed by atoms with Gasteiger partial charge in [-0.1, -0.05) is 18.2 Å². The molecule has 1 heterocycles. The second kappa shape index (κ2) is 7.45. The van der Waals surface area contributed by atoms with Crippen LogP contribution in [0.15, 0.2) is 36.4 Å². The summed E-state index contributed by atoms with van der Waals surface area (Å²) in [6, 6.07) is 8.46. The van der Waals surface area contributed by atoms with Gasteiger partial charge in [-0.25, -0.2) is 13.2 Å². The van der Waals surface area contributed by atoms with Crippen molar-refractivity contribution in [1.29, 1.82) is 0 Å². The van der Waals surface area contributed by atoms with E-state index in [0.717, 1.165) is 6.07 Å². The highest BCUT2D eigenvalue weighted by Gasteiger charge is 2.36. The SMILES string of the molecule is COc1cccc(CNC2(c3ccc(F)cc3F)CCOCC2)c1F. The molecular weight excluding hydrogens is 331 g/mol. The van der Waals surface area contributed by atoms with E-state index in [0.29, 0.717) is 37.2 Å². The number of rotatable bonds is 5. The van der Waals surface area contributed by atoms with Gasteiger partial charge in [0.2, 0.25) is 0 Å². The molecule has 134 valence electrons. The summed E-state index contributed by atoms with van der Waals surface area (Å²) in [6.07, 6.45) is 1.03. The van der Waals surface area contributed by atoms with Crippen LogP contribution in [-0.2, 0) is 16.8 Å². The highest BCUT2D eigenvalue weighted by Crippen LogP contribution is 2.35. The molecular formula is C19H20F3NO2. The lowest BCUT2D eigenvalue weighted by Crippen LogP contribution is -2.47. The molecule has 1 saturated heterocycles. The Morgan fingerprint density at radius 3 is 2.56 bits per heavy atom. The Bertz CT molecular complexity index is 745. The van der Waals surface area contributed by atoms with Crippen molar-refractivity contribution in [2.24, 2.45) is 0 Å². The van der Waals surface area contributed by atoms with Gasteiger partial charge in [-0.15, -0.1) is 0 Å². The molecule has 2 aromatic carbocycles. The predicted molar refractivity (Wildman–Crippen MR) is 87.9 cm³/mol. The monoisotopic (exact) mass is 351 g/mol. The Balaban J connectivity index is 1.89. The molecule has 1 aliphatic rings. The molecule has 0 spiro atoms. The Kier molecular flexibility index (Phi) is 5.30. The molecule has 1 aliphatic heterocycles.